The average molecular weight is 740 g/mol. The van der Waals surface area contributed by atoms with Crippen molar-refractivity contribution in [3.05, 3.63) is 224 Å². The fourth-order valence-corrected chi connectivity index (χ4v) is 9.05. The second kappa shape index (κ2) is 14.2. The lowest BCUT2D eigenvalue weighted by molar-refractivity contribution is 1.25. The molecule has 3 nitrogen and oxygen atoms in total. The second-order valence-electron chi connectivity index (χ2n) is 15.0. The largest absolute Gasteiger partial charge is 0.356 e. The molecule has 0 saturated carbocycles. The quantitative estimate of drug-likeness (QED) is 0.164. The number of nitrogens with one attached hydrogen (secondary N) is 1. The molecule has 4 heteroatoms. The maximum Gasteiger partial charge on any atom is 0.252 e. The van der Waals surface area contributed by atoms with Crippen LogP contribution in [0.2, 0.25) is 0 Å². The first-order chi connectivity index (χ1) is 28.8. The molecule has 1 N–H and O–H groups in total. The Bertz CT molecular complexity index is 2880. The van der Waals surface area contributed by atoms with Crippen LogP contribution in [0, 0.1) is 0 Å². The Morgan fingerprint density at radius 1 is 0.362 bits per heavy atom. The second-order valence-corrected chi connectivity index (χ2v) is 15.0. The highest BCUT2D eigenvalue weighted by atomic mass is 15.2. The fourth-order valence-electron chi connectivity index (χ4n) is 9.05. The van der Waals surface area contributed by atoms with Crippen molar-refractivity contribution in [1.82, 2.24) is 0 Å². The highest BCUT2D eigenvalue weighted by Gasteiger charge is 2.42. The van der Waals surface area contributed by atoms with Crippen LogP contribution in [0.4, 0.5) is 45.5 Å². The van der Waals surface area contributed by atoms with Gasteiger partial charge in [-0.15, -0.1) is 0 Å². The summed E-state index contributed by atoms with van der Waals surface area (Å²) in [5.74, 6) is 0. The van der Waals surface area contributed by atoms with Crippen molar-refractivity contribution in [2.75, 3.05) is 15.1 Å². The molecule has 272 valence electrons. The van der Waals surface area contributed by atoms with Gasteiger partial charge < -0.3 is 15.1 Å². The number of hydrogen-bond donors (Lipinski definition) is 1. The highest BCUT2D eigenvalue weighted by Crippen LogP contribution is 2.46. The Kier molecular flexibility index (Phi) is 8.26. The molecule has 0 aromatic heterocycles. The van der Waals surface area contributed by atoms with Crippen LogP contribution in [0.15, 0.2) is 224 Å². The van der Waals surface area contributed by atoms with Crippen molar-refractivity contribution in [2.45, 2.75) is 0 Å². The third-order valence-electron chi connectivity index (χ3n) is 11.6. The van der Waals surface area contributed by atoms with Crippen LogP contribution in [0.1, 0.15) is 0 Å². The SMILES string of the molecule is c1ccc(-c2cccc(-c3cc(N(c4ccccc4)c4ccccc4)cc4c3B3c5ccc(-c6ccccc6)cc5Nc5cccc(c53)N4c3ccccc3)c2)cc1. The summed E-state index contributed by atoms with van der Waals surface area (Å²) in [5, 5.41) is 3.92. The van der Waals surface area contributed by atoms with Gasteiger partial charge >= 0.3 is 0 Å². The minimum absolute atomic E-state index is 0.0337. The molecule has 0 radical (unpaired) electrons. The average Bonchev–Trinajstić information content (AvgIpc) is 3.30. The monoisotopic (exact) mass is 739 g/mol. The Labute approximate surface area is 340 Å². The number of benzene rings is 9. The van der Waals surface area contributed by atoms with Crippen molar-refractivity contribution < 1.29 is 0 Å². The van der Waals surface area contributed by atoms with Crippen LogP contribution >= 0.6 is 0 Å². The molecular weight excluding hydrogens is 701 g/mol. The van der Waals surface area contributed by atoms with E-state index in [4.69, 9.17) is 0 Å². The van der Waals surface area contributed by atoms with Gasteiger partial charge in [0.25, 0.3) is 6.71 Å². The summed E-state index contributed by atoms with van der Waals surface area (Å²) in [5.41, 5.74) is 20.0. The van der Waals surface area contributed by atoms with E-state index in [9.17, 15) is 0 Å². The van der Waals surface area contributed by atoms with E-state index in [-0.39, 0.29) is 6.71 Å². The van der Waals surface area contributed by atoms with Gasteiger partial charge in [0.05, 0.1) is 0 Å². The van der Waals surface area contributed by atoms with Crippen LogP contribution in [0.25, 0.3) is 33.4 Å². The summed E-state index contributed by atoms with van der Waals surface area (Å²) in [4.78, 5) is 4.88. The maximum absolute atomic E-state index is 3.92. The lowest BCUT2D eigenvalue weighted by atomic mass is 9.32. The van der Waals surface area contributed by atoms with Crippen molar-refractivity contribution in [3.63, 3.8) is 0 Å². The topological polar surface area (TPSA) is 18.5 Å². The molecule has 0 amide bonds. The summed E-state index contributed by atoms with van der Waals surface area (Å²) in [7, 11) is 0. The van der Waals surface area contributed by atoms with Crippen LogP contribution in [-0.2, 0) is 0 Å². The Hall–Kier alpha value is -7.56. The number of para-hydroxylation sites is 3. The molecule has 9 aromatic rings. The van der Waals surface area contributed by atoms with E-state index in [1.807, 2.05) is 0 Å². The summed E-state index contributed by atoms with van der Waals surface area (Å²) in [6.07, 6.45) is 0. The molecule has 58 heavy (non-hydrogen) atoms. The molecule has 0 fully saturated rings. The number of hydrogen-bond acceptors (Lipinski definition) is 3. The van der Waals surface area contributed by atoms with Gasteiger partial charge in [-0.25, -0.2) is 0 Å². The smallest absolute Gasteiger partial charge is 0.252 e. The van der Waals surface area contributed by atoms with E-state index in [0.717, 1.165) is 39.8 Å². The molecule has 11 rings (SSSR count). The first-order valence-corrected chi connectivity index (χ1v) is 20.0. The van der Waals surface area contributed by atoms with Crippen LogP contribution < -0.4 is 31.5 Å². The number of fused-ring (bicyclic) bond motifs is 4. The van der Waals surface area contributed by atoms with Gasteiger partial charge in [0.15, 0.2) is 0 Å². The lowest BCUT2D eigenvalue weighted by Gasteiger charge is -2.42. The normalized spacial score (nSPS) is 12.2. The van der Waals surface area contributed by atoms with Gasteiger partial charge in [-0.1, -0.05) is 152 Å². The predicted molar refractivity (Wildman–Crippen MR) is 246 cm³/mol. The zero-order chi connectivity index (χ0) is 38.4. The third-order valence-corrected chi connectivity index (χ3v) is 11.6. The van der Waals surface area contributed by atoms with E-state index >= 15 is 0 Å². The Morgan fingerprint density at radius 3 is 1.57 bits per heavy atom. The summed E-state index contributed by atoms with van der Waals surface area (Å²) >= 11 is 0. The van der Waals surface area contributed by atoms with Gasteiger partial charge in [-0.3, -0.25) is 0 Å². The van der Waals surface area contributed by atoms with Crippen molar-refractivity contribution in [2.24, 2.45) is 0 Å². The molecule has 9 aromatic carbocycles. The standard InChI is InChI=1S/C54H38BN3/c1-6-18-38(19-7-1)40-22-16-23-42(34-40)47-36-46(57(43-24-10-3-11-25-43)44-26-12-4-13-27-44)37-52-53(47)55-48-33-32-41(39-20-8-2-9-21-39)35-50(48)56-49-30-17-31-51(54(49)55)58(52)45-28-14-5-15-29-45/h1-37,56H. The van der Waals surface area contributed by atoms with Crippen molar-refractivity contribution >= 4 is 68.6 Å². The van der Waals surface area contributed by atoms with E-state index in [0.29, 0.717) is 0 Å². The minimum atomic E-state index is -0.0337. The first-order valence-electron chi connectivity index (χ1n) is 20.0. The number of anilines is 8. The molecule has 0 atom stereocenters. The summed E-state index contributed by atoms with van der Waals surface area (Å²) in [6.45, 7) is -0.0337. The van der Waals surface area contributed by atoms with Gasteiger partial charge in [-0.2, -0.15) is 0 Å². The molecular formula is C54H38BN3. The molecule has 0 bridgehead atoms. The molecule has 0 aliphatic carbocycles. The molecule has 2 aliphatic rings. The van der Waals surface area contributed by atoms with Gasteiger partial charge in [0.1, 0.15) is 0 Å². The lowest BCUT2D eigenvalue weighted by Crippen LogP contribution is -2.60. The Morgan fingerprint density at radius 2 is 0.914 bits per heavy atom. The first kappa shape index (κ1) is 33.8. The van der Waals surface area contributed by atoms with E-state index < -0.39 is 0 Å². The van der Waals surface area contributed by atoms with Crippen LogP contribution in [-0.4, -0.2) is 6.71 Å². The number of rotatable bonds is 7. The fraction of sp³-hybridized carbons (Fsp3) is 0. The third kappa shape index (κ3) is 5.77. The predicted octanol–water partition coefficient (Wildman–Crippen LogP) is 12.5. The molecule has 0 spiro atoms. The minimum Gasteiger partial charge on any atom is -0.356 e. The van der Waals surface area contributed by atoms with Crippen LogP contribution in [0.3, 0.4) is 0 Å². The number of nitrogens with zero attached hydrogens (tertiary/aromatic N) is 2. The van der Waals surface area contributed by atoms with E-state index in [1.165, 1.54) is 55.5 Å². The summed E-state index contributed by atoms with van der Waals surface area (Å²) in [6, 6.07) is 81.4. The summed E-state index contributed by atoms with van der Waals surface area (Å²) < 4.78 is 0. The van der Waals surface area contributed by atoms with Crippen molar-refractivity contribution in [3.8, 4) is 33.4 Å². The Balaban J connectivity index is 1.24. The molecule has 0 unspecified atom stereocenters. The van der Waals surface area contributed by atoms with Crippen LogP contribution in [0.5, 0.6) is 0 Å². The zero-order valence-electron chi connectivity index (χ0n) is 31.8. The molecule has 2 aliphatic heterocycles. The van der Waals surface area contributed by atoms with Gasteiger partial charge in [-0.05, 0) is 123 Å². The highest BCUT2D eigenvalue weighted by molar-refractivity contribution is 7.01. The van der Waals surface area contributed by atoms with Crippen molar-refractivity contribution in [1.29, 1.82) is 0 Å². The molecule has 2 heterocycles. The van der Waals surface area contributed by atoms with Gasteiger partial charge in [0, 0.05) is 45.5 Å². The van der Waals surface area contributed by atoms with E-state index in [1.54, 1.807) is 0 Å². The maximum atomic E-state index is 3.92. The molecule has 0 saturated heterocycles. The zero-order valence-corrected chi connectivity index (χ0v) is 31.8. The van der Waals surface area contributed by atoms with Gasteiger partial charge in [0.2, 0.25) is 0 Å². The van der Waals surface area contributed by atoms with E-state index in [2.05, 4.69) is 240 Å².